The molecule has 0 atom stereocenters. The summed E-state index contributed by atoms with van der Waals surface area (Å²) in [6.45, 7) is 3.85. The lowest BCUT2D eigenvalue weighted by Gasteiger charge is -2.29. The number of piperidine rings is 1. The van der Waals surface area contributed by atoms with Crippen LogP contribution in [0.4, 0.5) is 5.95 Å². The number of hydrogen-bond donors (Lipinski definition) is 0. The summed E-state index contributed by atoms with van der Waals surface area (Å²) in [4.78, 5) is 36.3. The second-order valence-corrected chi connectivity index (χ2v) is 6.68. The molecule has 0 radical (unpaired) electrons. The summed E-state index contributed by atoms with van der Waals surface area (Å²) in [5.74, 6) is 0.671. The van der Waals surface area contributed by atoms with Gasteiger partial charge < -0.3 is 4.90 Å². The molecular formula is C19H21N5O2. The number of fused-ring (bicyclic) bond motifs is 1. The third-order valence-electron chi connectivity index (χ3n) is 4.70. The zero-order chi connectivity index (χ0) is 18.1. The molecule has 7 nitrogen and oxygen atoms in total. The van der Waals surface area contributed by atoms with E-state index in [-0.39, 0.29) is 17.7 Å². The number of aromatic nitrogens is 4. The molecule has 0 aliphatic carbocycles. The van der Waals surface area contributed by atoms with Crippen molar-refractivity contribution in [2.24, 2.45) is 0 Å². The van der Waals surface area contributed by atoms with Crippen molar-refractivity contribution in [1.82, 2.24) is 18.9 Å². The summed E-state index contributed by atoms with van der Waals surface area (Å²) in [5, 5.41) is 0. The van der Waals surface area contributed by atoms with Gasteiger partial charge in [0.05, 0.1) is 12.2 Å². The molecule has 1 aliphatic heterocycles. The summed E-state index contributed by atoms with van der Waals surface area (Å²) >= 11 is 0. The fourth-order valence-corrected chi connectivity index (χ4v) is 3.44. The van der Waals surface area contributed by atoms with E-state index in [0.717, 1.165) is 25.9 Å². The molecule has 26 heavy (non-hydrogen) atoms. The highest BCUT2D eigenvalue weighted by Crippen LogP contribution is 2.17. The van der Waals surface area contributed by atoms with Crippen LogP contribution in [0.25, 0.3) is 5.65 Å². The zero-order valence-corrected chi connectivity index (χ0v) is 14.8. The summed E-state index contributed by atoms with van der Waals surface area (Å²) in [5.41, 5.74) is 1.57. The molecule has 3 aromatic heterocycles. The standard InChI is InChI=1S/C19H21N5O2/c1-14-11-17(25)24(19(20-14)22-8-4-2-5-9-22)13-15-12-18(26)23-10-6-3-7-16(23)21-15/h3,6-7,10-12H,2,4-5,8-9,13H2,1H3. The first kappa shape index (κ1) is 16.5. The van der Waals surface area contributed by atoms with Gasteiger partial charge in [0, 0.05) is 37.1 Å². The van der Waals surface area contributed by atoms with Crippen LogP contribution >= 0.6 is 0 Å². The Bertz CT molecular complexity index is 1060. The highest BCUT2D eigenvalue weighted by atomic mass is 16.1. The van der Waals surface area contributed by atoms with Gasteiger partial charge in [-0.1, -0.05) is 6.07 Å². The fraction of sp³-hybridized carbons (Fsp3) is 0.368. The number of rotatable bonds is 3. The van der Waals surface area contributed by atoms with E-state index in [1.807, 2.05) is 13.0 Å². The van der Waals surface area contributed by atoms with E-state index in [2.05, 4.69) is 14.9 Å². The van der Waals surface area contributed by atoms with Crippen LogP contribution in [-0.4, -0.2) is 32.0 Å². The maximum atomic E-state index is 12.6. The molecule has 134 valence electrons. The van der Waals surface area contributed by atoms with Crippen molar-refractivity contribution >= 4 is 11.6 Å². The molecule has 0 saturated carbocycles. The predicted molar refractivity (Wildman–Crippen MR) is 99.9 cm³/mol. The number of nitrogens with zero attached hydrogens (tertiary/aromatic N) is 5. The zero-order valence-electron chi connectivity index (χ0n) is 14.8. The van der Waals surface area contributed by atoms with Crippen molar-refractivity contribution in [3.05, 3.63) is 68.6 Å². The third kappa shape index (κ3) is 3.12. The summed E-state index contributed by atoms with van der Waals surface area (Å²) in [6, 6.07) is 8.43. The molecule has 0 amide bonds. The summed E-state index contributed by atoms with van der Waals surface area (Å²) < 4.78 is 3.12. The molecule has 0 spiro atoms. The van der Waals surface area contributed by atoms with Gasteiger partial charge in [0.25, 0.3) is 11.1 Å². The van der Waals surface area contributed by atoms with Gasteiger partial charge in [-0.2, -0.15) is 0 Å². The maximum Gasteiger partial charge on any atom is 0.258 e. The van der Waals surface area contributed by atoms with Crippen LogP contribution in [0.3, 0.4) is 0 Å². The molecule has 0 bridgehead atoms. The van der Waals surface area contributed by atoms with E-state index < -0.39 is 0 Å². The molecular weight excluding hydrogens is 330 g/mol. The quantitative estimate of drug-likeness (QED) is 0.717. The molecule has 0 N–H and O–H groups in total. The van der Waals surface area contributed by atoms with E-state index >= 15 is 0 Å². The van der Waals surface area contributed by atoms with Crippen LogP contribution in [0.5, 0.6) is 0 Å². The van der Waals surface area contributed by atoms with Crippen molar-refractivity contribution in [1.29, 1.82) is 0 Å². The number of aryl methyl sites for hydroxylation is 1. The average Bonchev–Trinajstić information content (AvgIpc) is 2.64. The first-order chi connectivity index (χ1) is 12.6. The lowest BCUT2D eigenvalue weighted by atomic mass is 10.1. The van der Waals surface area contributed by atoms with Gasteiger partial charge in [-0.3, -0.25) is 18.6 Å². The van der Waals surface area contributed by atoms with Gasteiger partial charge in [0.1, 0.15) is 5.65 Å². The van der Waals surface area contributed by atoms with E-state index in [1.54, 1.807) is 22.9 Å². The van der Waals surface area contributed by atoms with Crippen molar-refractivity contribution < 1.29 is 0 Å². The first-order valence-electron chi connectivity index (χ1n) is 8.92. The van der Waals surface area contributed by atoms with E-state index in [4.69, 9.17) is 0 Å². The Labute approximate surface area is 150 Å². The van der Waals surface area contributed by atoms with Gasteiger partial charge in [-0.25, -0.2) is 9.97 Å². The van der Waals surface area contributed by atoms with Crippen LogP contribution in [0.2, 0.25) is 0 Å². The lowest BCUT2D eigenvalue weighted by molar-refractivity contribution is 0.549. The Morgan fingerprint density at radius 1 is 1.00 bits per heavy atom. The van der Waals surface area contributed by atoms with Crippen LogP contribution in [0.1, 0.15) is 30.7 Å². The normalized spacial score (nSPS) is 14.7. The lowest BCUT2D eigenvalue weighted by Crippen LogP contribution is -2.37. The minimum absolute atomic E-state index is 0.117. The summed E-state index contributed by atoms with van der Waals surface area (Å²) in [7, 11) is 0. The Morgan fingerprint density at radius 2 is 1.81 bits per heavy atom. The van der Waals surface area contributed by atoms with Crippen LogP contribution < -0.4 is 16.0 Å². The number of anilines is 1. The second kappa shape index (κ2) is 6.74. The second-order valence-electron chi connectivity index (χ2n) is 6.68. The molecule has 1 aliphatic rings. The van der Waals surface area contributed by atoms with Crippen molar-refractivity contribution in [2.45, 2.75) is 32.7 Å². The topological polar surface area (TPSA) is 72.5 Å². The van der Waals surface area contributed by atoms with Crippen LogP contribution in [-0.2, 0) is 6.54 Å². The molecule has 7 heteroatoms. The molecule has 3 aromatic rings. The average molecular weight is 351 g/mol. The minimum atomic E-state index is -0.154. The smallest absolute Gasteiger partial charge is 0.258 e. The largest absolute Gasteiger partial charge is 0.342 e. The highest BCUT2D eigenvalue weighted by molar-refractivity contribution is 5.39. The van der Waals surface area contributed by atoms with Crippen molar-refractivity contribution in [2.75, 3.05) is 18.0 Å². The minimum Gasteiger partial charge on any atom is -0.342 e. The van der Waals surface area contributed by atoms with Crippen LogP contribution in [0, 0.1) is 6.92 Å². The van der Waals surface area contributed by atoms with Gasteiger partial charge in [-0.05, 0) is 38.3 Å². The Morgan fingerprint density at radius 3 is 2.62 bits per heavy atom. The molecule has 1 fully saturated rings. The molecule has 4 heterocycles. The van der Waals surface area contributed by atoms with E-state index in [0.29, 0.717) is 23.0 Å². The highest BCUT2D eigenvalue weighted by Gasteiger charge is 2.18. The van der Waals surface area contributed by atoms with Crippen molar-refractivity contribution in [3.63, 3.8) is 0 Å². The maximum absolute atomic E-state index is 12.6. The van der Waals surface area contributed by atoms with Crippen molar-refractivity contribution in [3.8, 4) is 0 Å². The SMILES string of the molecule is Cc1cc(=O)n(Cc2cc(=O)n3ccccc3n2)c(N2CCCCC2)n1. The number of hydrogen-bond acceptors (Lipinski definition) is 5. The van der Waals surface area contributed by atoms with Gasteiger partial charge in [0.15, 0.2) is 0 Å². The molecule has 4 rings (SSSR count). The Balaban J connectivity index is 1.78. The first-order valence-corrected chi connectivity index (χ1v) is 8.92. The Hall–Kier alpha value is -2.96. The molecule has 1 saturated heterocycles. The Kier molecular flexibility index (Phi) is 4.28. The number of pyridine rings is 1. The predicted octanol–water partition coefficient (Wildman–Crippen LogP) is 1.60. The fourth-order valence-electron chi connectivity index (χ4n) is 3.44. The summed E-state index contributed by atoms with van der Waals surface area (Å²) in [6.07, 6.45) is 5.08. The van der Waals surface area contributed by atoms with Crippen LogP contribution in [0.15, 0.2) is 46.1 Å². The monoisotopic (exact) mass is 351 g/mol. The van der Waals surface area contributed by atoms with Gasteiger partial charge in [0.2, 0.25) is 5.95 Å². The van der Waals surface area contributed by atoms with Gasteiger partial charge >= 0.3 is 0 Å². The molecule has 0 unspecified atom stereocenters. The van der Waals surface area contributed by atoms with E-state index in [1.165, 1.54) is 23.0 Å². The van der Waals surface area contributed by atoms with Gasteiger partial charge in [-0.15, -0.1) is 0 Å². The molecule has 0 aromatic carbocycles. The third-order valence-corrected chi connectivity index (χ3v) is 4.70. The van der Waals surface area contributed by atoms with E-state index in [9.17, 15) is 9.59 Å².